The third-order valence-electron chi connectivity index (χ3n) is 1.74. The maximum absolute atomic E-state index is 5.84. The van der Waals surface area contributed by atoms with Gasteiger partial charge in [-0.25, -0.2) is 0 Å². The molecule has 0 bridgehead atoms. The van der Waals surface area contributed by atoms with Gasteiger partial charge in [0.25, 0.3) is 0 Å². The van der Waals surface area contributed by atoms with Crippen molar-refractivity contribution in [3.63, 3.8) is 0 Å². The minimum absolute atomic E-state index is 0.826. The number of halogens is 1. The third kappa shape index (κ3) is 2.23. The summed E-state index contributed by atoms with van der Waals surface area (Å²) in [6.45, 7) is 4.16. The van der Waals surface area contributed by atoms with Crippen LogP contribution in [0.1, 0.15) is 18.1 Å². The first-order valence-electron chi connectivity index (χ1n) is 3.77. The predicted octanol–water partition coefficient (Wildman–Crippen LogP) is 3.42. The van der Waals surface area contributed by atoms with Crippen molar-refractivity contribution in [3.8, 4) is 0 Å². The number of aryl methyl sites for hydroxylation is 1. The Morgan fingerprint density at radius 3 is 2.82 bits per heavy atom. The minimum atomic E-state index is 0.826. The standard InChI is InChI=1S/C10H12Cl/c1-3-4-9-7-10(11)6-5-8(9)2/h3,5-7H,4H2,1-2H3. The predicted molar refractivity (Wildman–Crippen MR) is 49.9 cm³/mol. The Morgan fingerprint density at radius 2 is 2.18 bits per heavy atom. The number of hydrogen-bond donors (Lipinski definition) is 0. The maximum Gasteiger partial charge on any atom is 0.0408 e. The second-order valence-electron chi connectivity index (χ2n) is 2.68. The van der Waals surface area contributed by atoms with Gasteiger partial charge in [-0.3, -0.25) is 0 Å². The van der Waals surface area contributed by atoms with Gasteiger partial charge in [-0.1, -0.05) is 24.6 Å². The highest BCUT2D eigenvalue weighted by Crippen LogP contribution is 2.16. The lowest BCUT2D eigenvalue weighted by Gasteiger charge is -2.03. The summed E-state index contributed by atoms with van der Waals surface area (Å²) in [4.78, 5) is 0. The van der Waals surface area contributed by atoms with Crippen molar-refractivity contribution in [2.75, 3.05) is 0 Å². The second kappa shape index (κ2) is 3.77. The van der Waals surface area contributed by atoms with Gasteiger partial charge in [0, 0.05) is 5.02 Å². The monoisotopic (exact) mass is 167 g/mol. The highest BCUT2D eigenvalue weighted by molar-refractivity contribution is 6.30. The Kier molecular flexibility index (Phi) is 2.95. The fourth-order valence-corrected chi connectivity index (χ4v) is 1.27. The van der Waals surface area contributed by atoms with Crippen molar-refractivity contribution < 1.29 is 0 Å². The Balaban J connectivity index is 2.93. The average Bonchev–Trinajstić information content (AvgIpc) is 1.98. The summed E-state index contributed by atoms with van der Waals surface area (Å²) in [6, 6.07) is 6.01. The van der Waals surface area contributed by atoms with Crippen molar-refractivity contribution in [1.29, 1.82) is 0 Å². The zero-order chi connectivity index (χ0) is 8.27. The number of benzene rings is 1. The van der Waals surface area contributed by atoms with Gasteiger partial charge in [0.1, 0.15) is 0 Å². The summed E-state index contributed by atoms with van der Waals surface area (Å²) < 4.78 is 0. The van der Waals surface area contributed by atoms with E-state index in [0.29, 0.717) is 0 Å². The molecule has 59 valence electrons. The smallest absolute Gasteiger partial charge is 0.0408 e. The Morgan fingerprint density at radius 1 is 1.45 bits per heavy atom. The molecule has 0 aliphatic carbocycles. The van der Waals surface area contributed by atoms with Crippen LogP contribution in [0.4, 0.5) is 0 Å². The molecule has 1 rings (SSSR count). The molecule has 1 radical (unpaired) electrons. The van der Waals surface area contributed by atoms with Gasteiger partial charge in [-0.05, 0) is 43.0 Å². The minimum Gasteiger partial charge on any atom is -0.0843 e. The zero-order valence-corrected chi connectivity index (χ0v) is 7.65. The Labute approximate surface area is 73.2 Å². The molecule has 0 aliphatic heterocycles. The largest absolute Gasteiger partial charge is 0.0843 e. The van der Waals surface area contributed by atoms with E-state index >= 15 is 0 Å². The summed E-state index contributed by atoms with van der Waals surface area (Å²) in [5.41, 5.74) is 2.63. The SMILES string of the molecule is C[CH]Cc1cc(Cl)ccc1C. The molecule has 0 nitrogen and oxygen atoms in total. The van der Waals surface area contributed by atoms with E-state index in [-0.39, 0.29) is 0 Å². The van der Waals surface area contributed by atoms with E-state index in [1.54, 1.807) is 0 Å². The summed E-state index contributed by atoms with van der Waals surface area (Å²) in [5, 5.41) is 0.826. The van der Waals surface area contributed by atoms with Crippen LogP contribution in [-0.4, -0.2) is 0 Å². The summed E-state index contributed by atoms with van der Waals surface area (Å²) in [5.74, 6) is 0. The van der Waals surface area contributed by atoms with Crippen LogP contribution in [0.5, 0.6) is 0 Å². The van der Waals surface area contributed by atoms with Crippen molar-refractivity contribution >= 4 is 11.6 Å². The van der Waals surface area contributed by atoms with E-state index in [4.69, 9.17) is 11.6 Å². The molecule has 0 aromatic heterocycles. The highest BCUT2D eigenvalue weighted by atomic mass is 35.5. The van der Waals surface area contributed by atoms with E-state index in [1.165, 1.54) is 11.1 Å². The van der Waals surface area contributed by atoms with E-state index in [2.05, 4.69) is 26.3 Å². The molecule has 0 N–H and O–H groups in total. The molecule has 1 aromatic rings. The molecule has 0 unspecified atom stereocenters. The lowest BCUT2D eigenvalue weighted by Crippen LogP contribution is -1.87. The van der Waals surface area contributed by atoms with Crippen LogP contribution in [0.2, 0.25) is 5.02 Å². The van der Waals surface area contributed by atoms with Gasteiger partial charge in [0.2, 0.25) is 0 Å². The van der Waals surface area contributed by atoms with Gasteiger partial charge >= 0.3 is 0 Å². The van der Waals surface area contributed by atoms with Crippen molar-refractivity contribution in [2.45, 2.75) is 20.3 Å². The van der Waals surface area contributed by atoms with Crippen molar-refractivity contribution in [2.24, 2.45) is 0 Å². The van der Waals surface area contributed by atoms with Gasteiger partial charge in [0.15, 0.2) is 0 Å². The maximum atomic E-state index is 5.84. The molecule has 1 aromatic carbocycles. The lowest BCUT2D eigenvalue weighted by molar-refractivity contribution is 1.11. The first-order chi connectivity index (χ1) is 5.24. The van der Waals surface area contributed by atoms with Crippen molar-refractivity contribution in [1.82, 2.24) is 0 Å². The summed E-state index contributed by atoms with van der Waals surface area (Å²) in [7, 11) is 0. The topological polar surface area (TPSA) is 0 Å². The van der Waals surface area contributed by atoms with Gasteiger partial charge in [0.05, 0.1) is 0 Å². The van der Waals surface area contributed by atoms with Crippen LogP contribution < -0.4 is 0 Å². The second-order valence-corrected chi connectivity index (χ2v) is 3.12. The zero-order valence-electron chi connectivity index (χ0n) is 6.89. The molecule has 0 amide bonds. The quantitative estimate of drug-likeness (QED) is 0.633. The fourth-order valence-electron chi connectivity index (χ4n) is 1.08. The van der Waals surface area contributed by atoms with E-state index in [1.807, 2.05) is 12.1 Å². The fraction of sp³-hybridized carbons (Fsp3) is 0.300. The molecule has 0 atom stereocenters. The van der Waals surface area contributed by atoms with Crippen LogP contribution in [0.3, 0.4) is 0 Å². The molecule has 11 heavy (non-hydrogen) atoms. The molecular formula is C10H12Cl. The molecule has 1 heteroatoms. The third-order valence-corrected chi connectivity index (χ3v) is 1.97. The van der Waals surface area contributed by atoms with Crippen molar-refractivity contribution in [3.05, 3.63) is 40.8 Å². The van der Waals surface area contributed by atoms with Crippen LogP contribution in [0.25, 0.3) is 0 Å². The molecule has 0 fully saturated rings. The molecule has 0 saturated heterocycles. The normalized spacial score (nSPS) is 10.1. The first kappa shape index (κ1) is 8.61. The van der Waals surface area contributed by atoms with E-state index < -0.39 is 0 Å². The van der Waals surface area contributed by atoms with Crippen LogP contribution in [-0.2, 0) is 6.42 Å². The van der Waals surface area contributed by atoms with Crippen LogP contribution in [0.15, 0.2) is 18.2 Å². The molecular weight excluding hydrogens is 156 g/mol. The lowest BCUT2D eigenvalue weighted by atomic mass is 10.1. The number of rotatable bonds is 2. The summed E-state index contributed by atoms with van der Waals surface area (Å²) in [6.07, 6.45) is 3.14. The highest BCUT2D eigenvalue weighted by Gasteiger charge is 1.96. The van der Waals surface area contributed by atoms with Gasteiger partial charge in [-0.2, -0.15) is 0 Å². The van der Waals surface area contributed by atoms with E-state index in [0.717, 1.165) is 11.4 Å². The molecule has 0 aliphatic rings. The van der Waals surface area contributed by atoms with Crippen LogP contribution >= 0.6 is 11.6 Å². The Hall–Kier alpha value is -0.490. The van der Waals surface area contributed by atoms with Gasteiger partial charge in [-0.15, -0.1) is 0 Å². The van der Waals surface area contributed by atoms with Gasteiger partial charge < -0.3 is 0 Å². The van der Waals surface area contributed by atoms with E-state index in [9.17, 15) is 0 Å². The Bertz CT molecular complexity index is 241. The molecule has 0 saturated carbocycles. The van der Waals surface area contributed by atoms with Crippen LogP contribution in [0, 0.1) is 13.3 Å². The first-order valence-corrected chi connectivity index (χ1v) is 4.14. The number of hydrogen-bond acceptors (Lipinski definition) is 0. The summed E-state index contributed by atoms with van der Waals surface area (Å²) >= 11 is 5.84. The molecule has 0 spiro atoms. The average molecular weight is 168 g/mol. The molecule has 0 heterocycles.